The third-order valence-electron chi connectivity index (χ3n) is 4.44. The van der Waals surface area contributed by atoms with Crippen LogP contribution in [0.15, 0.2) is 24.3 Å². The molecule has 0 aliphatic carbocycles. The zero-order valence-electron chi connectivity index (χ0n) is 14.4. The second-order valence-corrected chi connectivity index (χ2v) is 6.20. The van der Waals surface area contributed by atoms with Gasteiger partial charge in [0, 0.05) is 20.7 Å². The molecule has 1 aliphatic rings. The monoisotopic (exact) mass is 320 g/mol. The van der Waals surface area contributed by atoms with Gasteiger partial charge in [-0.05, 0) is 50.6 Å². The Morgan fingerprint density at radius 2 is 1.91 bits per heavy atom. The van der Waals surface area contributed by atoms with Crippen molar-refractivity contribution in [3.63, 3.8) is 0 Å². The molecule has 1 amide bonds. The van der Waals surface area contributed by atoms with E-state index in [9.17, 15) is 4.79 Å². The molecule has 0 unspecified atom stereocenters. The maximum absolute atomic E-state index is 13.0. The number of rotatable bonds is 7. The summed E-state index contributed by atoms with van der Waals surface area (Å²) in [7, 11) is 3.54. The number of piperidine rings is 1. The molecule has 128 valence electrons. The number of hydrogen-bond donors (Lipinski definition) is 1. The van der Waals surface area contributed by atoms with Gasteiger partial charge in [0.15, 0.2) is 0 Å². The van der Waals surface area contributed by atoms with Crippen LogP contribution in [0.2, 0.25) is 0 Å². The number of carbonyl (C=O) groups is 1. The molecule has 0 atom stereocenters. The Balaban J connectivity index is 2.02. The normalized spacial score (nSPS) is 16.8. The number of carbonyl (C=O) groups excluding carboxylic acids is 1. The zero-order valence-corrected chi connectivity index (χ0v) is 14.4. The summed E-state index contributed by atoms with van der Waals surface area (Å²) in [6.07, 6.45) is 1.65. The van der Waals surface area contributed by atoms with Crippen LogP contribution in [0.4, 0.5) is 0 Å². The lowest BCUT2D eigenvalue weighted by atomic mass is 9.78. The Hall–Kier alpha value is -1.59. The summed E-state index contributed by atoms with van der Waals surface area (Å²) < 4.78 is 10.8. The fourth-order valence-electron chi connectivity index (χ4n) is 3.21. The third-order valence-corrected chi connectivity index (χ3v) is 4.44. The molecule has 1 N–H and O–H groups in total. The van der Waals surface area contributed by atoms with Gasteiger partial charge in [-0.1, -0.05) is 12.1 Å². The fourth-order valence-corrected chi connectivity index (χ4v) is 3.21. The Morgan fingerprint density at radius 1 is 1.26 bits per heavy atom. The number of hydrogen-bond acceptors (Lipinski definition) is 4. The van der Waals surface area contributed by atoms with Crippen LogP contribution in [0.25, 0.3) is 0 Å². The summed E-state index contributed by atoms with van der Waals surface area (Å²) in [6.45, 7) is 5.45. The molecule has 5 nitrogen and oxygen atoms in total. The lowest BCUT2D eigenvalue weighted by Gasteiger charge is -2.38. The SMILES string of the molecule is CCOc1ccc(CN(C)C(=O)C2(COC)CCNCC2)cc1. The highest BCUT2D eigenvalue weighted by molar-refractivity contribution is 5.83. The number of nitrogens with zero attached hydrogens (tertiary/aromatic N) is 1. The molecule has 1 aromatic carbocycles. The number of benzene rings is 1. The third kappa shape index (κ3) is 4.45. The molecule has 2 rings (SSSR count). The first-order valence-corrected chi connectivity index (χ1v) is 8.28. The maximum atomic E-state index is 13.0. The quantitative estimate of drug-likeness (QED) is 0.835. The molecule has 1 saturated heterocycles. The number of methoxy groups -OCH3 is 1. The standard InChI is InChI=1S/C18H28N2O3/c1-4-23-16-7-5-15(6-8-16)13-20(2)17(21)18(14-22-3)9-11-19-12-10-18/h5-8,19H,4,9-14H2,1-3H3. The van der Waals surface area contributed by atoms with Crippen LogP contribution < -0.4 is 10.1 Å². The number of ether oxygens (including phenoxy) is 2. The molecular formula is C18H28N2O3. The Labute approximate surface area is 139 Å². The maximum Gasteiger partial charge on any atom is 0.231 e. The zero-order chi connectivity index (χ0) is 16.7. The highest BCUT2D eigenvalue weighted by Crippen LogP contribution is 2.31. The van der Waals surface area contributed by atoms with Crippen molar-refractivity contribution in [3.8, 4) is 5.75 Å². The van der Waals surface area contributed by atoms with E-state index in [4.69, 9.17) is 9.47 Å². The van der Waals surface area contributed by atoms with Gasteiger partial charge in [0.2, 0.25) is 5.91 Å². The topological polar surface area (TPSA) is 50.8 Å². The molecule has 23 heavy (non-hydrogen) atoms. The highest BCUT2D eigenvalue weighted by Gasteiger charge is 2.41. The predicted molar refractivity (Wildman–Crippen MR) is 90.5 cm³/mol. The summed E-state index contributed by atoms with van der Waals surface area (Å²) in [6, 6.07) is 7.93. The minimum atomic E-state index is -0.389. The molecule has 1 heterocycles. The molecule has 0 aromatic heterocycles. The van der Waals surface area contributed by atoms with Crippen LogP contribution in [0.1, 0.15) is 25.3 Å². The van der Waals surface area contributed by atoms with Gasteiger partial charge in [-0.25, -0.2) is 0 Å². The van der Waals surface area contributed by atoms with Crippen molar-refractivity contribution < 1.29 is 14.3 Å². The largest absolute Gasteiger partial charge is 0.494 e. The van der Waals surface area contributed by atoms with Crippen molar-refractivity contribution in [2.75, 3.05) is 40.5 Å². The highest BCUT2D eigenvalue weighted by atomic mass is 16.5. The van der Waals surface area contributed by atoms with E-state index < -0.39 is 0 Å². The molecule has 0 radical (unpaired) electrons. The minimum absolute atomic E-state index is 0.176. The van der Waals surface area contributed by atoms with Gasteiger partial charge < -0.3 is 19.7 Å². The van der Waals surface area contributed by atoms with Crippen LogP contribution >= 0.6 is 0 Å². The summed E-state index contributed by atoms with van der Waals surface area (Å²) in [5.74, 6) is 1.04. The van der Waals surface area contributed by atoms with Gasteiger partial charge in [-0.15, -0.1) is 0 Å². The van der Waals surface area contributed by atoms with Crippen LogP contribution in [0, 0.1) is 5.41 Å². The Bertz CT molecular complexity index is 490. The van der Waals surface area contributed by atoms with Gasteiger partial charge >= 0.3 is 0 Å². The minimum Gasteiger partial charge on any atom is -0.494 e. The first-order valence-electron chi connectivity index (χ1n) is 8.28. The summed E-state index contributed by atoms with van der Waals surface area (Å²) in [5, 5.41) is 3.32. The van der Waals surface area contributed by atoms with Crippen molar-refractivity contribution in [3.05, 3.63) is 29.8 Å². The van der Waals surface area contributed by atoms with Gasteiger partial charge in [0.1, 0.15) is 5.75 Å². The van der Waals surface area contributed by atoms with Crippen molar-refractivity contribution in [1.29, 1.82) is 0 Å². The van der Waals surface area contributed by atoms with Crippen molar-refractivity contribution >= 4 is 5.91 Å². The first kappa shape index (κ1) is 17.8. The molecule has 1 aliphatic heterocycles. The number of nitrogens with one attached hydrogen (secondary N) is 1. The lowest BCUT2D eigenvalue weighted by Crippen LogP contribution is -2.50. The van der Waals surface area contributed by atoms with Crippen LogP contribution in [-0.2, 0) is 16.1 Å². The molecule has 1 aromatic rings. The predicted octanol–water partition coefficient (Wildman–Crippen LogP) is 2.06. The van der Waals surface area contributed by atoms with Crippen molar-refractivity contribution in [2.24, 2.45) is 5.41 Å². The second kappa shape index (κ2) is 8.31. The van der Waals surface area contributed by atoms with Gasteiger partial charge in [0.05, 0.1) is 18.6 Å². The van der Waals surface area contributed by atoms with E-state index in [1.807, 2.05) is 43.1 Å². The molecule has 0 bridgehead atoms. The van der Waals surface area contributed by atoms with Crippen LogP contribution in [0.5, 0.6) is 5.75 Å². The molecule has 0 spiro atoms. The molecule has 1 fully saturated rings. The van der Waals surface area contributed by atoms with Crippen molar-refractivity contribution in [2.45, 2.75) is 26.3 Å². The fraction of sp³-hybridized carbons (Fsp3) is 0.611. The smallest absolute Gasteiger partial charge is 0.231 e. The lowest BCUT2D eigenvalue weighted by molar-refractivity contribution is -0.146. The van der Waals surface area contributed by atoms with E-state index >= 15 is 0 Å². The van der Waals surface area contributed by atoms with Crippen LogP contribution in [0.3, 0.4) is 0 Å². The summed E-state index contributed by atoms with van der Waals surface area (Å²) in [5.41, 5.74) is 0.714. The van der Waals surface area contributed by atoms with E-state index in [0.717, 1.165) is 37.2 Å². The molecular weight excluding hydrogens is 292 g/mol. The molecule has 0 saturated carbocycles. The summed E-state index contributed by atoms with van der Waals surface area (Å²) >= 11 is 0. The van der Waals surface area contributed by atoms with Gasteiger partial charge in [-0.2, -0.15) is 0 Å². The van der Waals surface area contributed by atoms with E-state index in [0.29, 0.717) is 19.8 Å². The van der Waals surface area contributed by atoms with Gasteiger partial charge in [-0.3, -0.25) is 4.79 Å². The Kier molecular flexibility index (Phi) is 6.42. The van der Waals surface area contributed by atoms with E-state index in [1.165, 1.54) is 0 Å². The van der Waals surface area contributed by atoms with E-state index in [1.54, 1.807) is 7.11 Å². The average Bonchev–Trinajstić information content (AvgIpc) is 2.57. The Morgan fingerprint density at radius 3 is 2.48 bits per heavy atom. The van der Waals surface area contributed by atoms with Gasteiger partial charge in [0.25, 0.3) is 0 Å². The van der Waals surface area contributed by atoms with Crippen molar-refractivity contribution in [1.82, 2.24) is 10.2 Å². The number of amides is 1. The average molecular weight is 320 g/mol. The summed E-state index contributed by atoms with van der Waals surface area (Å²) in [4.78, 5) is 14.8. The first-order chi connectivity index (χ1) is 11.1. The van der Waals surface area contributed by atoms with Crippen LogP contribution in [-0.4, -0.2) is 51.3 Å². The second-order valence-electron chi connectivity index (χ2n) is 6.20. The molecule has 5 heteroatoms. The van der Waals surface area contributed by atoms with E-state index in [2.05, 4.69) is 5.32 Å². The van der Waals surface area contributed by atoms with E-state index in [-0.39, 0.29) is 11.3 Å².